The molecule has 2 N–H and O–H groups in total. The first-order valence-corrected chi connectivity index (χ1v) is 6.82. The lowest BCUT2D eigenvalue weighted by atomic mass is 10.2. The van der Waals surface area contributed by atoms with Gasteiger partial charge in [-0.1, -0.05) is 6.92 Å². The van der Waals surface area contributed by atoms with E-state index in [-0.39, 0.29) is 0 Å². The van der Waals surface area contributed by atoms with Crippen molar-refractivity contribution in [3.8, 4) is 0 Å². The summed E-state index contributed by atoms with van der Waals surface area (Å²) in [5.74, 6) is 0.573. The monoisotopic (exact) mass is 292 g/mol. The van der Waals surface area contributed by atoms with Crippen molar-refractivity contribution in [2.45, 2.75) is 27.2 Å². The van der Waals surface area contributed by atoms with Crippen molar-refractivity contribution in [1.82, 2.24) is 9.97 Å². The van der Waals surface area contributed by atoms with Crippen molar-refractivity contribution in [3.63, 3.8) is 0 Å². The minimum atomic E-state index is -0.634. The Morgan fingerprint density at radius 1 is 1.00 bits per heavy atom. The van der Waals surface area contributed by atoms with Crippen LogP contribution in [0, 0.1) is 25.5 Å². The zero-order chi connectivity index (χ0) is 15.4. The quantitative estimate of drug-likeness (QED) is 0.876. The molecule has 21 heavy (non-hydrogen) atoms. The highest BCUT2D eigenvalue weighted by molar-refractivity contribution is 5.64. The summed E-state index contributed by atoms with van der Waals surface area (Å²) in [6.07, 6.45) is 0.973. The number of hydrogen-bond acceptors (Lipinski definition) is 4. The van der Waals surface area contributed by atoms with Gasteiger partial charge in [0, 0.05) is 23.9 Å². The van der Waals surface area contributed by atoms with Crippen LogP contribution in [-0.2, 0) is 0 Å². The number of rotatable bonds is 5. The van der Waals surface area contributed by atoms with Gasteiger partial charge in [0.05, 0.1) is 0 Å². The summed E-state index contributed by atoms with van der Waals surface area (Å²) in [6, 6.07) is 3.27. The van der Waals surface area contributed by atoms with Gasteiger partial charge in [-0.25, -0.2) is 18.7 Å². The molecule has 0 spiro atoms. The summed E-state index contributed by atoms with van der Waals surface area (Å²) in [7, 11) is 0. The van der Waals surface area contributed by atoms with E-state index in [1.807, 2.05) is 6.92 Å². The van der Waals surface area contributed by atoms with Crippen LogP contribution < -0.4 is 10.6 Å². The molecule has 0 atom stereocenters. The van der Waals surface area contributed by atoms with Crippen molar-refractivity contribution in [2.75, 3.05) is 17.2 Å². The second-order valence-electron chi connectivity index (χ2n) is 4.80. The third-order valence-electron chi connectivity index (χ3n) is 2.93. The molecule has 4 nitrogen and oxygen atoms in total. The zero-order valence-electron chi connectivity index (χ0n) is 12.3. The highest BCUT2D eigenvalue weighted by atomic mass is 19.1. The van der Waals surface area contributed by atoms with Gasteiger partial charge >= 0.3 is 0 Å². The Balaban J connectivity index is 2.32. The Bertz CT molecular complexity index is 624. The predicted octanol–water partition coefficient (Wildman–Crippen LogP) is 3.94. The van der Waals surface area contributed by atoms with E-state index in [1.54, 1.807) is 6.92 Å². The van der Waals surface area contributed by atoms with E-state index in [0.29, 0.717) is 17.3 Å². The third-order valence-corrected chi connectivity index (χ3v) is 2.93. The molecule has 1 aromatic carbocycles. The van der Waals surface area contributed by atoms with Gasteiger partial charge in [0.15, 0.2) is 0 Å². The molecule has 1 heterocycles. The molecule has 0 aliphatic rings. The molecule has 0 bridgehead atoms. The van der Waals surface area contributed by atoms with E-state index in [4.69, 9.17) is 0 Å². The Morgan fingerprint density at radius 2 is 1.62 bits per heavy atom. The largest absolute Gasteiger partial charge is 0.370 e. The Kier molecular flexibility index (Phi) is 4.67. The van der Waals surface area contributed by atoms with Crippen LogP contribution >= 0.6 is 0 Å². The number of halogens is 2. The lowest BCUT2D eigenvalue weighted by molar-refractivity contribution is 0.584. The summed E-state index contributed by atoms with van der Waals surface area (Å²) < 4.78 is 26.5. The minimum Gasteiger partial charge on any atom is -0.370 e. The predicted molar refractivity (Wildman–Crippen MR) is 79.9 cm³/mol. The number of hydrogen-bond donors (Lipinski definition) is 2. The van der Waals surface area contributed by atoms with Gasteiger partial charge in [-0.2, -0.15) is 0 Å². The van der Waals surface area contributed by atoms with Crippen LogP contribution in [0.4, 0.5) is 26.1 Å². The van der Waals surface area contributed by atoms with Crippen LogP contribution in [0.1, 0.15) is 24.7 Å². The Hall–Kier alpha value is -2.24. The first-order valence-electron chi connectivity index (χ1n) is 6.82. The second kappa shape index (κ2) is 6.47. The molecule has 0 saturated carbocycles. The maximum absolute atomic E-state index is 13.2. The van der Waals surface area contributed by atoms with Crippen LogP contribution in [0.3, 0.4) is 0 Å². The van der Waals surface area contributed by atoms with E-state index >= 15 is 0 Å². The van der Waals surface area contributed by atoms with Gasteiger partial charge in [0.2, 0.25) is 0 Å². The van der Waals surface area contributed by atoms with Crippen molar-refractivity contribution in [3.05, 3.63) is 41.2 Å². The first kappa shape index (κ1) is 15.2. The molecule has 0 radical (unpaired) electrons. The van der Waals surface area contributed by atoms with Crippen molar-refractivity contribution in [1.29, 1.82) is 0 Å². The SMILES string of the molecule is CCCNc1nc(C)nc(Nc2cc(F)cc(F)c2)c1C. The third kappa shape index (κ3) is 3.87. The Labute approximate surface area is 122 Å². The van der Waals surface area contributed by atoms with Crippen LogP contribution in [0.15, 0.2) is 18.2 Å². The summed E-state index contributed by atoms with van der Waals surface area (Å²) in [5, 5.41) is 6.15. The van der Waals surface area contributed by atoms with Gasteiger partial charge < -0.3 is 10.6 Å². The van der Waals surface area contributed by atoms with E-state index in [9.17, 15) is 8.78 Å². The molecule has 0 aliphatic carbocycles. The number of nitrogens with zero attached hydrogens (tertiary/aromatic N) is 2. The Morgan fingerprint density at radius 3 is 2.24 bits per heavy atom. The standard InChI is InChI=1S/C15H18F2N4/c1-4-5-18-14-9(2)15(20-10(3)19-14)21-13-7-11(16)6-12(17)8-13/h6-8H,4-5H2,1-3H3,(H2,18,19,20,21). The first-order chi connectivity index (χ1) is 9.99. The number of benzene rings is 1. The van der Waals surface area contributed by atoms with Crippen LogP contribution in [0.2, 0.25) is 0 Å². The topological polar surface area (TPSA) is 49.8 Å². The maximum atomic E-state index is 13.2. The molecule has 1 aromatic heterocycles. The van der Waals surface area contributed by atoms with Crippen LogP contribution in [-0.4, -0.2) is 16.5 Å². The number of anilines is 3. The van der Waals surface area contributed by atoms with E-state index < -0.39 is 11.6 Å². The fraction of sp³-hybridized carbons (Fsp3) is 0.333. The average molecular weight is 292 g/mol. The molecule has 2 rings (SSSR count). The summed E-state index contributed by atoms with van der Waals surface area (Å²) >= 11 is 0. The van der Waals surface area contributed by atoms with Gasteiger partial charge in [0.25, 0.3) is 0 Å². The average Bonchev–Trinajstić information content (AvgIpc) is 2.39. The second-order valence-corrected chi connectivity index (χ2v) is 4.80. The molecule has 112 valence electrons. The fourth-order valence-corrected chi connectivity index (χ4v) is 1.93. The lowest BCUT2D eigenvalue weighted by Gasteiger charge is -2.14. The number of nitrogens with one attached hydrogen (secondary N) is 2. The normalized spacial score (nSPS) is 10.5. The van der Waals surface area contributed by atoms with Gasteiger partial charge in [-0.3, -0.25) is 0 Å². The lowest BCUT2D eigenvalue weighted by Crippen LogP contribution is -2.09. The highest BCUT2D eigenvalue weighted by Gasteiger charge is 2.10. The summed E-state index contributed by atoms with van der Waals surface area (Å²) in [5.41, 5.74) is 1.12. The van der Waals surface area contributed by atoms with E-state index in [0.717, 1.165) is 30.4 Å². The summed E-state index contributed by atoms with van der Waals surface area (Å²) in [6.45, 7) is 6.49. The van der Waals surface area contributed by atoms with Crippen LogP contribution in [0.25, 0.3) is 0 Å². The maximum Gasteiger partial charge on any atom is 0.139 e. The number of aryl methyl sites for hydroxylation is 1. The molecular formula is C15H18F2N4. The van der Waals surface area contributed by atoms with E-state index in [2.05, 4.69) is 27.5 Å². The smallest absolute Gasteiger partial charge is 0.139 e. The number of aromatic nitrogens is 2. The minimum absolute atomic E-state index is 0.315. The van der Waals surface area contributed by atoms with Gasteiger partial charge in [-0.15, -0.1) is 0 Å². The molecule has 0 amide bonds. The van der Waals surface area contributed by atoms with Gasteiger partial charge in [0.1, 0.15) is 29.1 Å². The van der Waals surface area contributed by atoms with E-state index in [1.165, 1.54) is 12.1 Å². The molecule has 6 heteroatoms. The zero-order valence-corrected chi connectivity index (χ0v) is 12.3. The molecule has 2 aromatic rings. The van der Waals surface area contributed by atoms with Gasteiger partial charge in [-0.05, 0) is 32.4 Å². The van der Waals surface area contributed by atoms with Crippen molar-refractivity contribution in [2.24, 2.45) is 0 Å². The molecular weight excluding hydrogens is 274 g/mol. The van der Waals surface area contributed by atoms with Crippen molar-refractivity contribution < 1.29 is 8.78 Å². The molecule has 0 unspecified atom stereocenters. The van der Waals surface area contributed by atoms with Crippen molar-refractivity contribution >= 4 is 17.3 Å². The fourth-order valence-electron chi connectivity index (χ4n) is 1.93. The summed E-state index contributed by atoms with van der Waals surface area (Å²) in [4.78, 5) is 8.63. The highest BCUT2D eigenvalue weighted by Crippen LogP contribution is 2.24. The molecule has 0 fully saturated rings. The molecule has 0 saturated heterocycles. The molecule has 0 aliphatic heterocycles. The van der Waals surface area contributed by atoms with Crippen LogP contribution in [0.5, 0.6) is 0 Å².